The summed E-state index contributed by atoms with van der Waals surface area (Å²) >= 11 is 1.49. The first-order chi connectivity index (χ1) is 14.4. The van der Waals surface area contributed by atoms with Gasteiger partial charge in [0.05, 0.1) is 28.9 Å². The molecule has 0 amide bonds. The highest BCUT2D eigenvalue weighted by atomic mass is 32.2. The van der Waals surface area contributed by atoms with Gasteiger partial charge >= 0.3 is 0 Å². The van der Waals surface area contributed by atoms with Crippen LogP contribution >= 0.6 is 11.3 Å². The van der Waals surface area contributed by atoms with E-state index < -0.39 is 20.0 Å². The van der Waals surface area contributed by atoms with Gasteiger partial charge in [-0.2, -0.15) is 4.31 Å². The molecule has 0 N–H and O–H groups in total. The number of hydrogen-bond acceptors (Lipinski definition) is 6. The molecule has 2 aromatic heterocycles. The zero-order chi connectivity index (χ0) is 21.2. The van der Waals surface area contributed by atoms with Crippen LogP contribution in [0.4, 0.5) is 5.69 Å². The molecule has 0 unspecified atom stereocenters. The van der Waals surface area contributed by atoms with E-state index in [0.717, 1.165) is 16.9 Å². The lowest BCUT2D eigenvalue weighted by atomic mass is 10.3. The molecule has 0 aliphatic carbocycles. The fourth-order valence-electron chi connectivity index (χ4n) is 3.40. The highest BCUT2D eigenvalue weighted by Gasteiger charge is 2.28. The monoisotopic (exact) mass is 466 g/mol. The molecule has 7 nitrogen and oxygen atoms in total. The molecule has 0 radical (unpaired) electrons. The van der Waals surface area contributed by atoms with Gasteiger partial charge in [-0.3, -0.25) is 4.31 Å². The molecule has 1 aliphatic rings. The fraction of sp³-hybridized carbons (Fsp3) is 0.300. The van der Waals surface area contributed by atoms with Crippen LogP contribution in [0.15, 0.2) is 69.7 Å². The van der Waals surface area contributed by atoms with Crippen molar-refractivity contribution in [3.8, 4) is 0 Å². The number of nitrogens with zero attached hydrogens (tertiary/aromatic N) is 2. The van der Waals surface area contributed by atoms with E-state index in [2.05, 4.69) is 0 Å². The number of hydrogen-bond donors (Lipinski definition) is 0. The van der Waals surface area contributed by atoms with Gasteiger partial charge in [-0.25, -0.2) is 16.8 Å². The molecule has 10 heteroatoms. The van der Waals surface area contributed by atoms with Crippen molar-refractivity contribution in [1.29, 1.82) is 0 Å². The Balaban J connectivity index is 1.62. The van der Waals surface area contributed by atoms with E-state index in [4.69, 9.17) is 4.42 Å². The first kappa shape index (κ1) is 21.1. The van der Waals surface area contributed by atoms with Crippen LogP contribution in [-0.2, 0) is 33.1 Å². The summed E-state index contributed by atoms with van der Waals surface area (Å²) in [6, 6.07) is 11.6. The van der Waals surface area contributed by atoms with E-state index >= 15 is 0 Å². The summed E-state index contributed by atoms with van der Waals surface area (Å²) in [4.78, 5) is 1.05. The molecule has 0 atom stereocenters. The summed E-state index contributed by atoms with van der Waals surface area (Å²) in [6.45, 7) is 0.839. The fourth-order valence-corrected chi connectivity index (χ4v) is 7.25. The average Bonchev–Trinajstić information content (AvgIpc) is 3.41. The van der Waals surface area contributed by atoms with Crippen LogP contribution in [0.25, 0.3) is 0 Å². The van der Waals surface area contributed by atoms with Gasteiger partial charge in [0.2, 0.25) is 20.0 Å². The Morgan fingerprint density at radius 1 is 1.07 bits per heavy atom. The molecule has 4 rings (SSSR count). The Bertz CT molecular complexity index is 1130. The van der Waals surface area contributed by atoms with E-state index in [1.807, 2.05) is 17.5 Å². The molecule has 1 saturated heterocycles. The standard InChI is InChI=1S/C20H22N2O5S3/c23-29(24)13-2-1-10-22(29)18-5-7-20(8-6-18)30(25,26)21(14-17-9-11-27-16-17)15-19-4-3-12-28-19/h3-9,11-12,16H,1-2,10,13-15H2. The lowest BCUT2D eigenvalue weighted by Crippen LogP contribution is -2.37. The lowest BCUT2D eigenvalue weighted by Gasteiger charge is -2.28. The quantitative estimate of drug-likeness (QED) is 0.530. The molecule has 1 aliphatic heterocycles. The molecule has 0 bridgehead atoms. The number of benzene rings is 1. The molecule has 1 fully saturated rings. The van der Waals surface area contributed by atoms with Gasteiger partial charge in [-0.15, -0.1) is 11.3 Å². The molecular formula is C20H22N2O5S3. The topological polar surface area (TPSA) is 87.9 Å². The molecule has 1 aromatic carbocycles. The maximum atomic E-state index is 13.4. The highest BCUT2D eigenvalue weighted by Crippen LogP contribution is 2.27. The molecule has 0 saturated carbocycles. The van der Waals surface area contributed by atoms with Crippen LogP contribution in [0.2, 0.25) is 0 Å². The van der Waals surface area contributed by atoms with Crippen molar-refractivity contribution >= 4 is 37.1 Å². The summed E-state index contributed by atoms with van der Waals surface area (Å²) in [5.41, 5.74) is 1.25. The van der Waals surface area contributed by atoms with Crippen LogP contribution in [0.1, 0.15) is 23.3 Å². The van der Waals surface area contributed by atoms with E-state index in [1.165, 1.54) is 44.6 Å². The second-order valence-electron chi connectivity index (χ2n) is 7.07. The second kappa shape index (κ2) is 8.54. The maximum Gasteiger partial charge on any atom is 0.243 e. The van der Waals surface area contributed by atoms with E-state index in [9.17, 15) is 16.8 Å². The van der Waals surface area contributed by atoms with Gasteiger partial charge in [0.1, 0.15) is 0 Å². The Morgan fingerprint density at radius 3 is 2.50 bits per heavy atom. The first-order valence-corrected chi connectivity index (χ1v) is 13.4. The lowest BCUT2D eigenvalue weighted by molar-refractivity contribution is 0.402. The minimum Gasteiger partial charge on any atom is -0.472 e. The summed E-state index contributed by atoms with van der Waals surface area (Å²) < 4.78 is 59.2. The van der Waals surface area contributed by atoms with Crippen molar-refractivity contribution in [3.05, 3.63) is 70.8 Å². The van der Waals surface area contributed by atoms with Crippen LogP contribution in [0.5, 0.6) is 0 Å². The SMILES string of the molecule is O=S1(=O)CCCCN1c1ccc(S(=O)(=O)N(Cc2ccoc2)Cc2cccs2)cc1. The Morgan fingerprint density at radius 2 is 1.87 bits per heavy atom. The molecule has 3 aromatic rings. The summed E-state index contributed by atoms with van der Waals surface area (Å²) in [5, 5.41) is 1.91. The number of thiophene rings is 1. The van der Waals surface area contributed by atoms with E-state index in [-0.39, 0.29) is 23.7 Å². The number of furan rings is 1. The molecule has 0 spiro atoms. The maximum absolute atomic E-state index is 13.4. The van der Waals surface area contributed by atoms with Crippen molar-refractivity contribution in [2.75, 3.05) is 16.6 Å². The highest BCUT2D eigenvalue weighted by molar-refractivity contribution is 7.92. The zero-order valence-corrected chi connectivity index (χ0v) is 18.6. The van der Waals surface area contributed by atoms with Crippen molar-refractivity contribution in [1.82, 2.24) is 4.31 Å². The van der Waals surface area contributed by atoms with Gasteiger partial charge in [0.25, 0.3) is 0 Å². The van der Waals surface area contributed by atoms with Gasteiger partial charge in [0.15, 0.2) is 0 Å². The third-order valence-electron chi connectivity index (χ3n) is 4.96. The van der Waals surface area contributed by atoms with Gasteiger partial charge < -0.3 is 4.42 Å². The normalized spacial score (nSPS) is 16.8. The Labute approximate surface area is 180 Å². The molecule has 30 heavy (non-hydrogen) atoms. The van der Waals surface area contributed by atoms with Gasteiger partial charge in [-0.1, -0.05) is 6.07 Å². The number of rotatable bonds is 7. The average molecular weight is 467 g/mol. The summed E-state index contributed by atoms with van der Waals surface area (Å²) in [5.74, 6) is 0.117. The van der Waals surface area contributed by atoms with E-state index in [0.29, 0.717) is 18.7 Å². The van der Waals surface area contributed by atoms with E-state index in [1.54, 1.807) is 18.2 Å². The van der Waals surface area contributed by atoms with Crippen LogP contribution < -0.4 is 4.31 Å². The third kappa shape index (κ3) is 4.46. The zero-order valence-electron chi connectivity index (χ0n) is 16.2. The number of sulfonamides is 2. The van der Waals surface area contributed by atoms with Crippen molar-refractivity contribution in [2.24, 2.45) is 0 Å². The Kier molecular flexibility index (Phi) is 6.01. The third-order valence-corrected chi connectivity index (χ3v) is 9.50. The molecule has 160 valence electrons. The summed E-state index contributed by atoms with van der Waals surface area (Å²) in [7, 11) is -7.14. The second-order valence-corrected chi connectivity index (χ2v) is 12.1. The van der Waals surface area contributed by atoms with Crippen molar-refractivity contribution in [2.45, 2.75) is 30.8 Å². The van der Waals surface area contributed by atoms with Crippen molar-refractivity contribution in [3.63, 3.8) is 0 Å². The molecular weight excluding hydrogens is 444 g/mol. The smallest absolute Gasteiger partial charge is 0.243 e. The van der Waals surface area contributed by atoms with Gasteiger partial charge in [-0.05, 0) is 54.6 Å². The van der Waals surface area contributed by atoms with Crippen molar-refractivity contribution < 1.29 is 21.3 Å². The van der Waals surface area contributed by atoms with Gasteiger partial charge in [0, 0.05) is 30.1 Å². The minimum absolute atomic E-state index is 0.117. The minimum atomic E-state index is -3.80. The predicted molar refractivity (Wildman–Crippen MR) is 116 cm³/mol. The number of anilines is 1. The summed E-state index contributed by atoms with van der Waals surface area (Å²) in [6.07, 6.45) is 4.48. The molecule has 3 heterocycles. The van der Waals surface area contributed by atoms with Crippen LogP contribution in [-0.4, -0.2) is 33.4 Å². The van der Waals surface area contributed by atoms with Crippen LogP contribution in [0.3, 0.4) is 0 Å². The van der Waals surface area contributed by atoms with Crippen LogP contribution in [0, 0.1) is 0 Å². The Hall–Kier alpha value is -2.14. The first-order valence-electron chi connectivity index (χ1n) is 9.50. The predicted octanol–water partition coefficient (Wildman–Crippen LogP) is 3.66. The largest absolute Gasteiger partial charge is 0.472 e.